The van der Waals surface area contributed by atoms with Crippen LogP contribution >= 0.6 is 11.6 Å². The molecule has 0 spiro atoms. The van der Waals surface area contributed by atoms with Gasteiger partial charge in [0.15, 0.2) is 0 Å². The van der Waals surface area contributed by atoms with E-state index < -0.39 is 0 Å². The number of aryl methyl sites for hydroxylation is 2. The minimum Gasteiger partial charge on any atom is -0.350 e. The van der Waals surface area contributed by atoms with Crippen LogP contribution in [0.1, 0.15) is 5.56 Å². The number of aromatic nitrogens is 1. The second-order valence-electron chi connectivity index (χ2n) is 3.08. The van der Waals surface area contributed by atoms with Crippen molar-refractivity contribution in [2.75, 3.05) is 0 Å². The quantitative estimate of drug-likeness (QED) is 0.586. The lowest BCUT2D eigenvalue weighted by atomic mass is 10.1. The largest absolute Gasteiger partial charge is 0.350 e. The van der Waals surface area contributed by atoms with Crippen LogP contribution in [0.15, 0.2) is 24.4 Å². The van der Waals surface area contributed by atoms with Crippen molar-refractivity contribution in [3.63, 3.8) is 0 Å². The summed E-state index contributed by atoms with van der Waals surface area (Å²) in [4.78, 5) is 0. The van der Waals surface area contributed by atoms with Crippen LogP contribution in [0.3, 0.4) is 0 Å². The monoisotopic (exact) mass is 179 g/mol. The second-order valence-corrected chi connectivity index (χ2v) is 3.52. The van der Waals surface area contributed by atoms with Gasteiger partial charge in [-0.1, -0.05) is 11.6 Å². The van der Waals surface area contributed by atoms with Crippen molar-refractivity contribution in [3.05, 3.63) is 35.0 Å². The fourth-order valence-corrected chi connectivity index (χ4v) is 1.78. The summed E-state index contributed by atoms with van der Waals surface area (Å²) in [5, 5.41) is 2.09. The number of halogens is 1. The average Bonchev–Trinajstić information content (AvgIpc) is 2.33. The van der Waals surface area contributed by atoms with Crippen LogP contribution in [0, 0.1) is 6.92 Å². The summed E-state index contributed by atoms with van der Waals surface area (Å²) in [6, 6.07) is 6.09. The summed E-state index contributed by atoms with van der Waals surface area (Å²) in [6.07, 6.45) is 2.05. The zero-order chi connectivity index (χ0) is 8.72. The molecule has 1 nitrogen and oxygen atoms in total. The van der Waals surface area contributed by atoms with Gasteiger partial charge in [-0.2, -0.15) is 0 Å². The first-order valence-corrected chi connectivity index (χ1v) is 4.27. The van der Waals surface area contributed by atoms with Crippen molar-refractivity contribution >= 4 is 22.5 Å². The molecule has 0 unspecified atom stereocenters. The Bertz CT molecular complexity index is 429. The van der Waals surface area contributed by atoms with Gasteiger partial charge in [0.2, 0.25) is 0 Å². The molecule has 0 saturated carbocycles. The van der Waals surface area contributed by atoms with Gasteiger partial charge in [-0.3, -0.25) is 0 Å². The Morgan fingerprint density at radius 3 is 2.83 bits per heavy atom. The Labute approximate surface area is 76.6 Å². The number of rotatable bonds is 0. The number of hydrogen-bond donors (Lipinski definition) is 0. The molecule has 2 aromatic rings. The van der Waals surface area contributed by atoms with Crippen molar-refractivity contribution < 1.29 is 0 Å². The van der Waals surface area contributed by atoms with Crippen molar-refractivity contribution in [1.82, 2.24) is 4.57 Å². The maximum atomic E-state index is 5.94. The molecule has 62 valence electrons. The molecule has 2 rings (SSSR count). The molecular weight excluding hydrogens is 170 g/mol. The Morgan fingerprint density at radius 1 is 1.33 bits per heavy atom. The van der Waals surface area contributed by atoms with E-state index >= 15 is 0 Å². The van der Waals surface area contributed by atoms with Gasteiger partial charge in [0.1, 0.15) is 0 Å². The van der Waals surface area contributed by atoms with E-state index in [1.807, 2.05) is 25.4 Å². The minimum atomic E-state index is 0.807. The van der Waals surface area contributed by atoms with Gasteiger partial charge in [0.25, 0.3) is 0 Å². The van der Waals surface area contributed by atoms with E-state index in [0.29, 0.717) is 0 Å². The topological polar surface area (TPSA) is 4.93 Å². The molecule has 2 heteroatoms. The number of hydrogen-bond acceptors (Lipinski definition) is 0. The summed E-state index contributed by atoms with van der Waals surface area (Å²) in [7, 11) is 2.03. The molecule has 0 aliphatic carbocycles. The minimum absolute atomic E-state index is 0.807. The van der Waals surface area contributed by atoms with Gasteiger partial charge in [0, 0.05) is 29.2 Å². The van der Waals surface area contributed by atoms with E-state index in [-0.39, 0.29) is 0 Å². The van der Waals surface area contributed by atoms with Gasteiger partial charge in [-0.25, -0.2) is 0 Å². The Balaban J connectivity index is 2.92. The van der Waals surface area contributed by atoms with Crippen LogP contribution in [-0.4, -0.2) is 4.57 Å². The molecule has 1 aromatic heterocycles. The van der Waals surface area contributed by atoms with Crippen LogP contribution in [0.25, 0.3) is 10.9 Å². The van der Waals surface area contributed by atoms with Gasteiger partial charge in [-0.05, 0) is 30.7 Å². The van der Waals surface area contributed by atoms with E-state index in [1.54, 1.807) is 0 Å². The molecule has 1 heterocycles. The first-order chi connectivity index (χ1) is 5.68. The van der Waals surface area contributed by atoms with E-state index in [0.717, 1.165) is 5.02 Å². The van der Waals surface area contributed by atoms with Crippen LogP contribution in [0.2, 0.25) is 5.02 Å². The zero-order valence-electron chi connectivity index (χ0n) is 7.13. The summed E-state index contributed by atoms with van der Waals surface area (Å²) in [6.45, 7) is 2.08. The highest BCUT2D eigenvalue weighted by atomic mass is 35.5. The number of benzene rings is 1. The molecule has 0 fully saturated rings. The SMILES string of the molecule is Cc1cc(Cl)cc2c1ccn2C. The molecule has 12 heavy (non-hydrogen) atoms. The van der Waals surface area contributed by atoms with Crippen molar-refractivity contribution in [1.29, 1.82) is 0 Å². The molecule has 0 aliphatic heterocycles. The highest BCUT2D eigenvalue weighted by Gasteiger charge is 2.01. The molecule has 0 saturated heterocycles. The molecule has 0 atom stereocenters. The fraction of sp³-hybridized carbons (Fsp3) is 0.200. The van der Waals surface area contributed by atoms with Crippen molar-refractivity contribution in [3.8, 4) is 0 Å². The van der Waals surface area contributed by atoms with E-state index in [9.17, 15) is 0 Å². The third kappa shape index (κ3) is 1.01. The Morgan fingerprint density at radius 2 is 2.08 bits per heavy atom. The highest BCUT2D eigenvalue weighted by molar-refractivity contribution is 6.31. The summed E-state index contributed by atoms with van der Waals surface area (Å²) < 4.78 is 2.08. The van der Waals surface area contributed by atoms with Crippen LogP contribution in [0.4, 0.5) is 0 Å². The van der Waals surface area contributed by atoms with Crippen LogP contribution in [-0.2, 0) is 7.05 Å². The molecular formula is C10H10ClN. The maximum absolute atomic E-state index is 5.94. The molecule has 0 N–H and O–H groups in total. The highest BCUT2D eigenvalue weighted by Crippen LogP contribution is 2.23. The molecule has 0 amide bonds. The average molecular weight is 180 g/mol. The third-order valence-corrected chi connectivity index (χ3v) is 2.39. The van der Waals surface area contributed by atoms with Gasteiger partial charge in [0.05, 0.1) is 0 Å². The maximum Gasteiger partial charge on any atom is 0.0495 e. The third-order valence-electron chi connectivity index (χ3n) is 2.17. The van der Waals surface area contributed by atoms with Crippen molar-refractivity contribution in [2.45, 2.75) is 6.92 Å². The van der Waals surface area contributed by atoms with Crippen molar-refractivity contribution in [2.24, 2.45) is 7.05 Å². The Hall–Kier alpha value is -0.950. The summed E-state index contributed by atoms with van der Waals surface area (Å²) in [5.41, 5.74) is 2.43. The molecule has 0 aliphatic rings. The summed E-state index contributed by atoms with van der Waals surface area (Å²) in [5.74, 6) is 0. The predicted octanol–water partition coefficient (Wildman–Crippen LogP) is 3.14. The Kier molecular flexibility index (Phi) is 1.62. The zero-order valence-corrected chi connectivity index (χ0v) is 7.89. The van der Waals surface area contributed by atoms with Crippen LogP contribution in [0.5, 0.6) is 0 Å². The van der Waals surface area contributed by atoms with E-state index in [2.05, 4.69) is 17.6 Å². The summed E-state index contributed by atoms with van der Waals surface area (Å²) >= 11 is 5.94. The molecule has 0 bridgehead atoms. The normalized spacial score (nSPS) is 10.9. The standard InChI is InChI=1S/C10H10ClN/c1-7-5-8(11)6-10-9(7)3-4-12(10)2/h3-6H,1-2H3. The fourth-order valence-electron chi connectivity index (χ4n) is 1.51. The lowest BCUT2D eigenvalue weighted by molar-refractivity contribution is 0.969. The second kappa shape index (κ2) is 2.53. The predicted molar refractivity (Wildman–Crippen MR) is 52.7 cm³/mol. The first kappa shape index (κ1) is 7.69. The van der Waals surface area contributed by atoms with Crippen LogP contribution < -0.4 is 0 Å². The van der Waals surface area contributed by atoms with Gasteiger partial charge >= 0.3 is 0 Å². The smallest absolute Gasteiger partial charge is 0.0495 e. The van der Waals surface area contributed by atoms with Gasteiger partial charge in [-0.15, -0.1) is 0 Å². The number of fused-ring (bicyclic) bond motifs is 1. The number of nitrogens with zero attached hydrogens (tertiary/aromatic N) is 1. The lowest BCUT2D eigenvalue weighted by Crippen LogP contribution is -1.84. The lowest BCUT2D eigenvalue weighted by Gasteiger charge is -1.99. The van der Waals surface area contributed by atoms with Gasteiger partial charge < -0.3 is 4.57 Å². The molecule has 1 aromatic carbocycles. The van der Waals surface area contributed by atoms with E-state index in [4.69, 9.17) is 11.6 Å². The molecule has 0 radical (unpaired) electrons. The van der Waals surface area contributed by atoms with E-state index in [1.165, 1.54) is 16.5 Å². The first-order valence-electron chi connectivity index (χ1n) is 3.89.